The van der Waals surface area contributed by atoms with Crippen LogP contribution in [0.1, 0.15) is 24.0 Å². The number of anilines is 1. The maximum Gasteiger partial charge on any atom is 0.0440 e. The Morgan fingerprint density at radius 2 is 2.16 bits per heavy atom. The molecule has 0 aliphatic heterocycles. The van der Waals surface area contributed by atoms with Gasteiger partial charge in [-0.2, -0.15) is 11.3 Å². The number of nitrogens with two attached hydrogens (primary N) is 1. The fourth-order valence-corrected chi connectivity index (χ4v) is 3.57. The van der Waals surface area contributed by atoms with E-state index in [4.69, 9.17) is 5.73 Å². The van der Waals surface area contributed by atoms with Gasteiger partial charge < -0.3 is 10.6 Å². The monoisotopic (exact) mass is 336 g/mol. The highest BCUT2D eigenvalue weighted by Gasteiger charge is 2.30. The first-order valence-corrected chi connectivity index (χ1v) is 8.28. The molecule has 2 nitrogen and oxygen atoms in total. The van der Waals surface area contributed by atoms with E-state index in [0.29, 0.717) is 12.6 Å². The predicted molar refractivity (Wildman–Crippen MR) is 85.6 cm³/mol. The third-order valence-electron chi connectivity index (χ3n) is 3.53. The van der Waals surface area contributed by atoms with E-state index >= 15 is 0 Å². The van der Waals surface area contributed by atoms with Crippen molar-refractivity contribution in [3.63, 3.8) is 0 Å². The number of benzene rings is 1. The Labute approximate surface area is 126 Å². The first-order valence-electron chi connectivity index (χ1n) is 6.54. The zero-order valence-electron chi connectivity index (χ0n) is 10.7. The van der Waals surface area contributed by atoms with Crippen LogP contribution in [0.2, 0.25) is 0 Å². The van der Waals surface area contributed by atoms with Crippen LogP contribution in [-0.4, -0.2) is 6.04 Å². The highest BCUT2D eigenvalue weighted by atomic mass is 79.9. The van der Waals surface area contributed by atoms with Gasteiger partial charge in [-0.25, -0.2) is 0 Å². The lowest BCUT2D eigenvalue weighted by molar-refractivity contribution is 0.787. The van der Waals surface area contributed by atoms with Crippen LogP contribution in [0.4, 0.5) is 5.69 Å². The summed E-state index contributed by atoms with van der Waals surface area (Å²) in [6, 6.07) is 9.25. The lowest BCUT2D eigenvalue weighted by Gasteiger charge is -2.27. The summed E-state index contributed by atoms with van der Waals surface area (Å²) in [5, 5.41) is 4.38. The van der Waals surface area contributed by atoms with Crippen molar-refractivity contribution in [2.24, 2.45) is 5.73 Å². The van der Waals surface area contributed by atoms with Gasteiger partial charge in [-0.05, 0) is 47.4 Å². The van der Waals surface area contributed by atoms with Crippen LogP contribution in [0.3, 0.4) is 0 Å². The van der Waals surface area contributed by atoms with Crippen LogP contribution < -0.4 is 10.6 Å². The first-order chi connectivity index (χ1) is 9.29. The summed E-state index contributed by atoms with van der Waals surface area (Å²) in [7, 11) is 0. The molecule has 0 unspecified atom stereocenters. The van der Waals surface area contributed by atoms with Crippen molar-refractivity contribution in [2.75, 3.05) is 4.90 Å². The molecule has 0 saturated heterocycles. The van der Waals surface area contributed by atoms with Crippen molar-refractivity contribution in [3.8, 4) is 0 Å². The summed E-state index contributed by atoms with van der Waals surface area (Å²) in [6.45, 7) is 1.56. The summed E-state index contributed by atoms with van der Waals surface area (Å²) in [5.41, 5.74) is 9.81. The number of halogens is 1. The van der Waals surface area contributed by atoms with Crippen LogP contribution in [-0.2, 0) is 13.1 Å². The van der Waals surface area contributed by atoms with E-state index in [1.165, 1.54) is 29.7 Å². The molecule has 1 heterocycles. The fourth-order valence-electron chi connectivity index (χ4n) is 2.39. The van der Waals surface area contributed by atoms with E-state index in [9.17, 15) is 0 Å². The van der Waals surface area contributed by atoms with Crippen LogP contribution in [0.15, 0.2) is 39.5 Å². The molecule has 19 heavy (non-hydrogen) atoms. The van der Waals surface area contributed by atoms with Crippen molar-refractivity contribution in [3.05, 3.63) is 50.6 Å². The number of hydrogen-bond donors (Lipinski definition) is 1. The molecule has 1 aliphatic carbocycles. The van der Waals surface area contributed by atoms with E-state index in [2.05, 4.69) is 55.9 Å². The summed E-state index contributed by atoms with van der Waals surface area (Å²) in [6.07, 6.45) is 2.58. The molecule has 1 aromatic carbocycles. The van der Waals surface area contributed by atoms with Crippen molar-refractivity contribution < 1.29 is 0 Å². The average molecular weight is 337 g/mol. The fraction of sp³-hybridized carbons (Fsp3) is 0.333. The summed E-state index contributed by atoms with van der Waals surface area (Å²) >= 11 is 5.38. The van der Waals surface area contributed by atoms with Gasteiger partial charge in [-0.15, -0.1) is 0 Å². The summed E-state index contributed by atoms with van der Waals surface area (Å²) in [5.74, 6) is 0. The van der Waals surface area contributed by atoms with E-state index in [0.717, 1.165) is 11.0 Å². The second kappa shape index (κ2) is 5.65. The van der Waals surface area contributed by atoms with Gasteiger partial charge in [0.2, 0.25) is 0 Å². The maximum atomic E-state index is 5.93. The second-order valence-corrected chi connectivity index (χ2v) is 6.57. The third-order valence-corrected chi connectivity index (χ3v) is 5.00. The molecule has 1 saturated carbocycles. The molecule has 0 radical (unpaired) electrons. The van der Waals surface area contributed by atoms with Crippen molar-refractivity contribution in [1.82, 2.24) is 0 Å². The van der Waals surface area contributed by atoms with Gasteiger partial charge in [-0.3, -0.25) is 0 Å². The minimum Gasteiger partial charge on any atom is -0.364 e. The third kappa shape index (κ3) is 2.86. The molecule has 4 heteroatoms. The average Bonchev–Trinajstić information content (AvgIpc) is 3.13. The van der Waals surface area contributed by atoms with Crippen LogP contribution >= 0.6 is 27.3 Å². The van der Waals surface area contributed by atoms with Crippen molar-refractivity contribution >= 4 is 33.0 Å². The number of thiophene rings is 1. The standard InChI is InChI=1S/C15H17BrN2S/c16-14-2-1-3-15(13(14)8-17)18(12-4-5-12)9-11-6-7-19-10-11/h1-3,6-7,10,12H,4-5,8-9,17H2. The molecular formula is C15H17BrN2S. The van der Waals surface area contributed by atoms with E-state index < -0.39 is 0 Å². The van der Waals surface area contributed by atoms with Gasteiger partial charge in [0.1, 0.15) is 0 Å². The van der Waals surface area contributed by atoms with Gasteiger partial charge >= 0.3 is 0 Å². The molecular weight excluding hydrogens is 320 g/mol. The normalized spacial score (nSPS) is 14.6. The smallest absolute Gasteiger partial charge is 0.0440 e. The molecule has 3 rings (SSSR count). The molecule has 1 fully saturated rings. The van der Waals surface area contributed by atoms with Crippen molar-refractivity contribution in [2.45, 2.75) is 32.0 Å². The minimum absolute atomic E-state index is 0.573. The summed E-state index contributed by atoms with van der Waals surface area (Å²) < 4.78 is 1.11. The van der Waals surface area contributed by atoms with E-state index in [1.54, 1.807) is 11.3 Å². The van der Waals surface area contributed by atoms with Crippen LogP contribution in [0, 0.1) is 0 Å². The van der Waals surface area contributed by atoms with Crippen molar-refractivity contribution in [1.29, 1.82) is 0 Å². The molecule has 2 aromatic rings. The topological polar surface area (TPSA) is 29.3 Å². The molecule has 0 atom stereocenters. The number of nitrogens with zero attached hydrogens (tertiary/aromatic N) is 1. The Morgan fingerprint density at radius 3 is 2.79 bits per heavy atom. The molecule has 0 bridgehead atoms. The molecule has 2 N–H and O–H groups in total. The molecule has 0 amide bonds. The lowest BCUT2D eigenvalue weighted by Crippen LogP contribution is -2.26. The van der Waals surface area contributed by atoms with Gasteiger partial charge in [0.25, 0.3) is 0 Å². The molecule has 0 spiro atoms. The Balaban J connectivity index is 1.94. The quantitative estimate of drug-likeness (QED) is 0.889. The Hall–Kier alpha value is -0.840. The molecule has 1 aliphatic rings. The minimum atomic E-state index is 0.573. The van der Waals surface area contributed by atoms with Gasteiger partial charge in [0, 0.05) is 34.9 Å². The van der Waals surface area contributed by atoms with Gasteiger partial charge in [0.15, 0.2) is 0 Å². The van der Waals surface area contributed by atoms with Gasteiger partial charge in [-0.1, -0.05) is 22.0 Å². The van der Waals surface area contributed by atoms with Crippen LogP contribution in [0.5, 0.6) is 0 Å². The SMILES string of the molecule is NCc1c(Br)cccc1N(Cc1ccsc1)C1CC1. The highest BCUT2D eigenvalue weighted by molar-refractivity contribution is 9.10. The largest absolute Gasteiger partial charge is 0.364 e. The first kappa shape index (κ1) is 13.2. The van der Waals surface area contributed by atoms with Gasteiger partial charge in [0.05, 0.1) is 0 Å². The predicted octanol–water partition coefficient (Wildman–Crippen LogP) is 4.14. The number of hydrogen-bond acceptors (Lipinski definition) is 3. The highest BCUT2D eigenvalue weighted by Crippen LogP contribution is 2.37. The zero-order chi connectivity index (χ0) is 13.2. The van der Waals surface area contributed by atoms with E-state index in [-0.39, 0.29) is 0 Å². The molecule has 1 aromatic heterocycles. The number of rotatable bonds is 5. The maximum absolute atomic E-state index is 5.93. The Bertz CT molecular complexity index is 549. The zero-order valence-corrected chi connectivity index (χ0v) is 13.1. The Kier molecular flexibility index (Phi) is 3.91. The molecule has 100 valence electrons. The summed E-state index contributed by atoms with van der Waals surface area (Å²) in [4.78, 5) is 2.51. The van der Waals surface area contributed by atoms with Crippen LogP contribution in [0.25, 0.3) is 0 Å². The second-order valence-electron chi connectivity index (χ2n) is 4.93. The Morgan fingerprint density at radius 1 is 1.32 bits per heavy atom. The lowest BCUT2D eigenvalue weighted by atomic mass is 10.1. The van der Waals surface area contributed by atoms with E-state index in [1.807, 2.05) is 0 Å².